The van der Waals surface area contributed by atoms with Crippen LogP contribution in [0, 0.1) is 0 Å². The summed E-state index contributed by atoms with van der Waals surface area (Å²) in [4.78, 5) is 0. The van der Waals surface area contributed by atoms with Gasteiger partial charge in [-0.05, 0) is 24.3 Å². The highest BCUT2D eigenvalue weighted by Crippen LogP contribution is 2.18. The monoisotopic (exact) mass is 272 g/mol. The molecule has 2 aromatic rings. The van der Waals surface area contributed by atoms with E-state index in [9.17, 15) is 0 Å². The van der Waals surface area contributed by atoms with Crippen molar-refractivity contribution in [2.45, 2.75) is 12.6 Å². The topological polar surface area (TPSA) is 36.9 Å². The third-order valence-electron chi connectivity index (χ3n) is 2.86. The highest BCUT2D eigenvalue weighted by molar-refractivity contribution is 5.21. The van der Waals surface area contributed by atoms with Crippen LogP contribution in [0.5, 0.6) is 11.5 Å². The van der Waals surface area contributed by atoms with Gasteiger partial charge in [0.2, 0.25) is 12.6 Å². The van der Waals surface area contributed by atoms with Crippen LogP contribution >= 0.6 is 0 Å². The van der Waals surface area contributed by atoms with Crippen LogP contribution in [0.25, 0.3) is 0 Å². The van der Waals surface area contributed by atoms with Gasteiger partial charge in [-0.3, -0.25) is 0 Å². The van der Waals surface area contributed by atoms with E-state index in [2.05, 4.69) is 0 Å². The lowest BCUT2D eigenvalue weighted by molar-refractivity contribution is -0.246. The first-order valence-electron chi connectivity index (χ1n) is 6.57. The van der Waals surface area contributed by atoms with E-state index in [1.807, 2.05) is 60.7 Å². The van der Waals surface area contributed by atoms with Gasteiger partial charge >= 0.3 is 0 Å². The zero-order valence-electron chi connectivity index (χ0n) is 11.0. The minimum Gasteiger partial charge on any atom is -0.462 e. The van der Waals surface area contributed by atoms with Crippen LogP contribution < -0.4 is 9.47 Å². The van der Waals surface area contributed by atoms with Crippen LogP contribution in [0.3, 0.4) is 0 Å². The standard InChI is InChI=1S/C16H16O4/c1-3-7-13(8-4-1)19-15-11-18-16(12-17-15)20-14-9-5-2-6-10-14/h1-10,15-16H,11-12H2. The number of para-hydroxylation sites is 2. The molecule has 2 aromatic carbocycles. The van der Waals surface area contributed by atoms with Gasteiger partial charge in [0, 0.05) is 0 Å². The second-order valence-electron chi connectivity index (χ2n) is 4.39. The Hall–Kier alpha value is -2.04. The van der Waals surface area contributed by atoms with E-state index in [-0.39, 0.29) is 0 Å². The summed E-state index contributed by atoms with van der Waals surface area (Å²) in [5, 5.41) is 0. The minimum atomic E-state index is -0.395. The van der Waals surface area contributed by atoms with Crippen molar-refractivity contribution < 1.29 is 18.9 Å². The van der Waals surface area contributed by atoms with Crippen LogP contribution in [0.15, 0.2) is 60.7 Å². The van der Waals surface area contributed by atoms with E-state index in [4.69, 9.17) is 18.9 Å². The minimum absolute atomic E-state index is 0.340. The molecule has 4 heteroatoms. The maximum Gasteiger partial charge on any atom is 0.223 e. The van der Waals surface area contributed by atoms with Gasteiger partial charge in [-0.2, -0.15) is 0 Å². The van der Waals surface area contributed by atoms with Crippen molar-refractivity contribution >= 4 is 0 Å². The molecule has 104 valence electrons. The lowest BCUT2D eigenvalue weighted by Gasteiger charge is -2.29. The molecule has 1 aliphatic heterocycles. The molecule has 0 N–H and O–H groups in total. The molecule has 4 nitrogen and oxygen atoms in total. The van der Waals surface area contributed by atoms with E-state index in [0.29, 0.717) is 13.2 Å². The third-order valence-corrected chi connectivity index (χ3v) is 2.86. The molecule has 0 spiro atoms. The van der Waals surface area contributed by atoms with Crippen LogP contribution in [-0.2, 0) is 9.47 Å². The zero-order valence-corrected chi connectivity index (χ0v) is 11.0. The summed E-state index contributed by atoms with van der Waals surface area (Å²) in [7, 11) is 0. The fraction of sp³-hybridized carbons (Fsp3) is 0.250. The fourth-order valence-corrected chi connectivity index (χ4v) is 1.91. The highest BCUT2D eigenvalue weighted by Gasteiger charge is 2.24. The first-order valence-corrected chi connectivity index (χ1v) is 6.57. The summed E-state index contributed by atoms with van der Waals surface area (Å²) in [5.74, 6) is 1.53. The van der Waals surface area contributed by atoms with Crippen LogP contribution in [0.2, 0.25) is 0 Å². The van der Waals surface area contributed by atoms with E-state index in [1.165, 1.54) is 0 Å². The zero-order chi connectivity index (χ0) is 13.6. The molecule has 1 fully saturated rings. The maximum atomic E-state index is 5.65. The molecule has 0 amide bonds. The second-order valence-corrected chi connectivity index (χ2v) is 4.39. The van der Waals surface area contributed by atoms with E-state index >= 15 is 0 Å². The van der Waals surface area contributed by atoms with Crippen molar-refractivity contribution in [1.29, 1.82) is 0 Å². The normalized spacial score (nSPS) is 22.2. The molecular weight excluding hydrogens is 256 g/mol. The van der Waals surface area contributed by atoms with Crippen molar-refractivity contribution in [2.75, 3.05) is 13.2 Å². The van der Waals surface area contributed by atoms with E-state index in [0.717, 1.165) is 11.5 Å². The maximum absolute atomic E-state index is 5.65. The number of benzene rings is 2. The Balaban J connectivity index is 1.47. The lowest BCUT2D eigenvalue weighted by Crippen LogP contribution is -2.41. The Kier molecular flexibility index (Phi) is 4.16. The number of hydrogen-bond acceptors (Lipinski definition) is 4. The Morgan fingerprint density at radius 2 is 1.05 bits per heavy atom. The molecule has 2 atom stereocenters. The molecule has 0 radical (unpaired) electrons. The van der Waals surface area contributed by atoms with Gasteiger partial charge in [0.1, 0.15) is 24.7 Å². The average molecular weight is 272 g/mol. The summed E-state index contributed by atoms with van der Waals surface area (Å²) in [5.41, 5.74) is 0. The molecule has 2 unspecified atom stereocenters. The first-order chi connectivity index (χ1) is 9.90. The van der Waals surface area contributed by atoms with Gasteiger partial charge in [-0.25, -0.2) is 0 Å². The third kappa shape index (κ3) is 3.50. The molecule has 0 aromatic heterocycles. The predicted molar refractivity (Wildman–Crippen MR) is 73.6 cm³/mol. The van der Waals surface area contributed by atoms with E-state index in [1.54, 1.807) is 0 Å². The van der Waals surface area contributed by atoms with Crippen molar-refractivity contribution in [3.05, 3.63) is 60.7 Å². The summed E-state index contributed by atoms with van der Waals surface area (Å²) < 4.78 is 22.5. The Morgan fingerprint density at radius 1 is 0.650 bits per heavy atom. The number of rotatable bonds is 4. The molecule has 1 heterocycles. The molecule has 0 saturated carbocycles. The first kappa shape index (κ1) is 13.0. The summed E-state index contributed by atoms with van der Waals surface area (Å²) in [6, 6.07) is 19.1. The highest BCUT2D eigenvalue weighted by atomic mass is 16.8. The van der Waals surface area contributed by atoms with Gasteiger partial charge in [0.05, 0.1) is 0 Å². The van der Waals surface area contributed by atoms with Crippen LogP contribution in [-0.4, -0.2) is 25.8 Å². The molecular formula is C16H16O4. The molecule has 1 saturated heterocycles. The quantitative estimate of drug-likeness (QED) is 0.857. The van der Waals surface area contributed by atoms with Crippen molar-refractivity contribution in [3.63, 3.8) is 0 Å². The Morgan fingerprint density at radius 3 is 1.40 bits per heavy atom. The molecule has 0 bridgehead atoms. The summed E-state index contributed by atoms with van der Waals surface area (Å²) in [6.45, 7) is 0.679. The molecule has 20 heavy (non-hydrogen) atoms. The molecule has 3 rings (SSSR count). The van der Waals surface area contributed by atoms with Gasteiger partial charge in [-0.15, -0.1) is 0 Å². The van der Waals surface area contributed by atoms with Crippen molar-refractivity contribution in [1.82, 2.24) is 0 Å². The van der Waals surface area contributed by atoms with Crippen molar-refractivity contribution in [2.24, 2.45) is 0 Å². The Labute approximate surface area is 117 Å². The SMILES string of the molecule is c1ccc(OC2COC(Oc3ccccc3)CO2)cc1. The fourth-order valence-electron chi connectivity index (χ4n) is 1.91. The molecule has 1 aliphatic rings. The summed E-state index contributed by atoms with van der Waals surface area (Å²) >= 11 is 0. The van der Waals surface area contributed by atoms with Gasteiger partial charge < -0.3 is 18.9 Å². The average Bonchev–Trinajstić information content (AvgIpc) is 2.51. The van der Waals surface area contributed by atoms with Gasteiger partial charge in [-0.1, -0.05) is 36.4 Å². The van der Waals surface area contributed by atoms with Gasteiger partial charge in [0.25, 0.3) is 0 Å². The van der Waals surface area contributed by atoms with Gasteiger partial charge in [0.15, 0.2) is 0 Å². The smallest absolute Gasteiger partial charge is 0.223 e. The predicted octanol–water partition coefficient (Wildman–Crippen LogP) is 2.84. The Bertz CT molecular complexity index is 457. The lowest BCUT2D eigenvalue weighted by atomic mass is 10.3. The molecule has 0 aliphatic carbocycles. The van der Waals surface area contributed by atoms with Crippen molar-refractivity contribution in [3.8, 4) is 11.5 Å². The largest absolute Gasteiger partial charge is 0.462 e. The number of hydrogen-bond donors (Lipinski definition) is 0. The number of ether oxygens (including phenoxy) is 4. The van der Waals surface area contributed by atoms with E-state index < -0.39 is 12.6 Å². The summed E-state index contributed by atoms with van der Waals surface area (Å²) in [6.07, 6.45) is -0.791. The van der Waals surface area contributed by atoms with Crippen LogP contribution in [0.4, 0.5) is 0 Å². The van der Waals surface area contributed by atoms with Crippen LogP contribution in [0.1, 0.15) is 0 Å². The second kappa shape index (κ2) is 6.41.